The van der Waals surface area contributed by atoms with E-state index in [-0.39, 0.29) is 30.5 Å². The van der Waals surface area contributed by atoms with E-state index in [1.807, 2.05) is 11.0 Å². The number of halogens is 1. The molecule has 1 fully saturated rings. The molecule has 1 aromatic carbocycles. The molecule has 2 aliphatic rings. The number of nitrogens with zero attached hydrogens (tertiary/aromatic N) is 2. The van der Waals surface area contributed by atoms with Crippen LogP contribution in [-0.2, 0) is 22.5 Å². The third kappa shape index (κ3) is 4.28. The minimum absolute atomic E-state index is 0. The molecule has 24 heavy (non-hydrogen) atoms. The predicted octanol–water partition coefficient (Wildman–Crippen LogP) is 1.43. The quantitative estimate of drug-likeness (QED) is 0.889. The van der Waals surface area contributed by atoms with E-state index in [0.717, 1.165) is 38.9 Å². The summed E-state index contributed by atoms with van der Waals surface area (Å²) in [5.74, 6) is 0.216. The average molecular weight is 354 g/mol. The molecule has 1 amide bonds. The number of benzene rings is 1. The third-order valence-corrected chi connectivity index (χ3v) is 5.22. The Morgan fingerprint density at radius 1 is 1.29 bits per heavy atom. The molecule has 0 aliphatic carbocycles. The molecule has 0 saturated carbocycles. The smallest absolute Gasteiger partial charge is 0.237 e. The van der Waals surface area contributed by atoms with Gasteiger partial charge in [-0.2, -0.15) is 0 Å². The zero-order chi connectivity index (χ0) is 16.2. The molecule has 2 unspecified atom stereocenters. The number of carbonyl (C=O) groups excluding carboxylic acids is 1. The fourth-order valence-corrected chi connectivity index (χ4v) is 3.71. The fraction of sp³-hybridized carbons (Fsp3) is 0.611. The van der Waals surface area contributed by atoms with Crippen LogP contribution in [-0.4, -0.2) is 61.1 Å². The summed E-state index contributed by atoms with van der Waals surface area (Å²) in [5.41, 5.74) is 8.56. The lowest BCUT2D eigenvalue weighted by atomic mass is 9.98. The van der Waals surface area contributed by atoms with Crippen molar-refractivity contribution in [1.29, 1.82) is 0 Å². The molecule has 2 atom stereocenters. The summed E-state index contributed by atoms with van der Waals surface area (Å²) >= 11 is 0. The summed E-state index contributed by atoms with van der Waals surface area (Å²) in [6.07, 6.45) is 3.12. The van der Waals surface area contributed by atoms with Crippen molar-refractivity contribution in [2.45, 2.75) is 38.0 Å². The van der Waals surface area contributed by atoms with Crippen LogP contribution in [0.1, 0.15) is 24.0 Å². The molecule has 0 bridgehead atoms. The zero-order valence-electron chi connectivity index (χ0n) is 14.3. The van der Waals surface area contributed by atoms with E-state index in [2.05, 4.69) is 23.1 Å². The van der Waals surface area contributed by atoms with Gasteiger partial charge in [-0.05, 0) is 30.4 Å². The summed E-state index contributed by atoms with van der Waals surface area (Å²) in [6.45, 7) is 3.49. The molecule has 2 heterocycles. The number of fused-ring (bicyclic) bond motifs is 1. The minimum Gasteiger partial charge on any atom is -0.381 e. The maximum absolute atomic E-state index is 12.7. The van der Waals surface area contributed by atoms with Gasteiger partial charge in [0.1, 0.15) is 0 Å². The highest BCUT2D eigenvalue weighted by atomic mass is 35.5. The normalized spacial score (nSPS) is 24.2. The van der Waals surface area contributed by atoms with Gasteiger partial charge in [0, 0.05) is 39.3 Å². The van der Waals surface area contributed by atoms with Crippen molar-refractivity contribution < 1.29 is 9.53 Å². The monoisotopic (exact) mass is 353 g/mol. The Morgan fingerprint density at radius 3 is 2.75 bits per heavy atom. The van der Waals surface area contributed by atoms with Crippen molar-refractivity contribution in [3.8, 4) is 0 Å². The zero-order valence-corrected chi connectivity index (χ0v) is 15.1. The number of hydrogen-bond donors (Lipinski definition) is 1. The van der Waals surface area contributed by atoms with Crippen LogP contribution in [0.3, 0.4) is 0 Å². The van der Waals surface area contributed by atoms with Crippen molar-refractivity contribution in [3.63, 3.8) is 0 Å². The number of ether oxygens (including phenoxy) is 1. The Hall–Kier alpha value is -1.14. The van der Waals surface area contributed by atoms with Crippen molar-refractivity contribution >= 4 is 18.3 Å². The summed E-state index contributed by atoms with van der Waals surface area (Å²) in [6, 6.07) is 8.66. The molecule has 0 radical (unpaired) electrons. The van der Waals surface area contributed by atoms with E-state index in [1.165, 1.54) is 11.1 Å². The molecule has 1 aromatic rings. The number of rotatable bonds is 4. The number of carbonyl (C=O) groups is 1. The highest BCUT2D eigenvalue weighted by Gasteiger charge is 2.30. The van der Waals surface area contributed by atoms with Gasteiger partial charge in [-0.15, -0.1) is 12.4 Å². The standard InChI is InChI=1S/C18H27N3O2.ClH/c1-23-17-7-9-20(16(10-17)11-19)13-18(22)21-8-6-14-4-2-3-5-15(14)12-21;/h2-5,16-17H,6-13,19H2,1H3;1H. The first-order valence-corrected chi connectivity index (χ1v) is 8.52. The predicted molar refractivity (Wildman–Crippen MR) is 97.3 cm³/mol. The van der Waals surface area contributed by atoms with Crippen LogP contribution >= 0.6 is 12.4 Å². The van der Waals surface area contributed by atoms with E-state index in [9.17, 15) is 4.79 Å². The van der Waals surface area contributed by atoms with Crippen molar-refractivity contribution in [2.24, 2.45) is 5.73 Å². The van der Waals surface area contributed by atoms with Gasteiger partial charge in [0.05, 0.1) is 12.6 Å². The Labute approximate surface area is 150 Å². The number of likely N-dealkylation sites (tertiary alicyclic amines) is 1. The molecular formula is C18H28ClN3O2. The fourth-order valence-electron chi connectivity index (χ4n) is 3.71. The van der Waals surface area contributed by atoms with Gasteiger partial charge in [0.2, 0.25) is 5.91 Å². The van der Waals surface area contributed by atoms with E-state index in [4.69, 9.17) is 10.5 Å². The lowest BCUT2D eigenvalue weighted by molar-refractivity contribution is -0.134. The van der Waals surface area contributed by atoms with E-state index >= 15 is 0 Å². The summed E-state index contributed by atoms with van der Waals surface area (Å²) in [7, 11) is 1.75. The van der Waals surface area contributed by atoms with Gasteiger partial charge >= 0.3 is 0 Å². The Morgan fingerprint density at radius 2 is 2.04 bits per heavy atom. The summed E-state index contributed by atoms with van der Waals surface area (Å²) in [5, 5.41) is 0. The summed E-state index contributed by atoms with van der Waals surface area (Å²) in [4.78, 5) is 16.9. The molecule has 0 aromatic heterocycles. The first-order chi connectivity index (χ1) is 11.2. The van der Waals surface area contributed by atoms with Crippen LogP contribution in [0.25, 0.3) is 0 Å². The van der Waals surface area contributed by atoms with Crippen LogP contribution in [0, 0.1) is 0 Å². The van der Waals surface area contributed by atoms with E-state index in [1.54, 1.807) is 7.11 Å². The average Bonchev–Trinajstić information content (AvgIpc) is 2.61. The Bertz CT molecular complexity index is 555. The summed E-state index contributed by atoms with van der Waals surface area (Å²) < 4.78 is 5.45. The molecule has 6 heteroatoms. The second kappa shape index (κ2) is 8.81. The minimum atomic E-state index is 0. The molecule has 1 saturated heterocycles. The van der Waals surface area contributed by atoms with Gasteiger partial charge < -0.3 is 15.4 Å². The highest BCUT2D eigenvalue weighted by molar-refractivity contribution is 5.85. The van der Waals surface area contributed by atoms with Gasteiger partial charge in [-0.1, -0.05) is 24.3 Å². The molecule has 134 valence electrons. The van der Waals surface area contributed by atoms with Gasteiger partial charge in [-0.25, -0.2) is 0 Å². The lowest BCUT2D eigenvalue weighted by Gasteiger charge is -2.39. The number of nitrogens with two attached hydrogens (primary N) is 1. The maximum atomic E-state index is 12.7. The second-order valence-electron chi connectivity index (χ2n) is 6.58. The maximum Gasteiger partial charge on any atom is 0.237 e. The highest BCUT2D eigenvalue weighted by Crippen LogP contribution is 2.21. The lowest BCUT2D eigenvalue weighted by Crippen LogP contribution is -2.52. The van der Waals surface area contributed by atoms with Gasteiger partial charge in [-0.3, -0.25) is 9.69 Å². The molecule has 2 N–H and O–H groups in total. The molecule has 5 nitrogen and oxygen atoms in total. The van der Waals surface area contributed by atoms with E-state index < -0.39 is 0 Å². The number of piperidine rings is 1. The van der Waals surface area contributed by atoms with Crippen LogP contribution in [0.15, 0.2) is 24.3 Å². The number of hydrogen-bond acceptors (Lipinski definition) is 4. The molecule has 3 rings (SSSR count). The topological polar surface area (TPSA) is 58.8 Å². The Kier molecular flexibility index (Phi) is 7.04. The number of amides is 1. The SMILES string of the molecule is COC1CCN(CC(=O)N2CCc3ccccc3C2)C(CN)C1.Cl. The van der Waals surface area contributed by atoms with Gasteiger partial charge in [0.25, 0.3) is 0 Å². The first kappa shape index (κ1) is 19.2. The largest absolute Gasteiger partial charge is 0.381 e. The van der Waals surface area contributed by atoms with Crippen LogP contribution in [0.4, 0.5) is 0 Å². The molecule has 0 spiro atoms. The first-order valence-electron chi connectivity index (χ1n) is 8.52. The molecular weight excluding hydrogens is 326 g/mol. The van der Waals surface area contributed by atoms with Crippen molar-refractivity contribution in [3.05, 3.63) is 35.4 Å². The Balaban J connectivity index is 0.00000208. The van der Waals surface area contributed by atoms with Crippen LogP contribution < -0.4 is 5.73 Å². The van der Waals surface area contributed by atoms with Crippen LogP contribution in [0.2, 0.25) is 0 Å². The third-order valence-electron chi connectivity index (χ3n) is 5.22. The van der Waals surface area contributed by atoms with Crippen LogP contribution in [0.5, 0.6) is 0 Å². The number of methoxy groups -OCH3 is 1. The van der Waals surface area contributed by atoms with E-state index in [0.29, 0.717) is 13.1 Å². The van der Waals surface area contributed by atoms with Gasteiger partial charge in [0.15, 0.2) is 0 Å². The van der Waals surface area contributed by atoms with Crippen molar-refractivity contribution in [2.75, 3.05) is 33.3 Å². The second-order valence-corrected chi connectivity index (χ2v) is 6.58. The molecule has 2 aliphatic heterocycles. The van der Waals surface area contributed by atoms with Crippen molar-refractivity contribution in [1.82, 2.24) is 9.80 Å².